The fraction of sp³-hybridized carbons (Fsp3) is 0.538. The van der Waals surface area contributed by atoms with E-state index in [1.165, 1.54) is 43.2 Å². The zero-order valence-electron chi connectivity index (χ0n) is 18.5. The minimum atomic E-state index is -0.340. The summed E-state index contributed by atoms with van der Waals surface area (Å²) < 4.78 is 18.5. The van der Waals surface area contributed by atoms with Gasteiger partial charge >= 0.3 is 0 Å². The highest BCUT2D eigenvalue weighted by Gasteiger charge is 2.15. The zero-order chi connectivity index (χ0) is 21.3. The standard InChI is InChI=1S/C26H35BrO3/c1-4-19(2)23-12-15-26(25(27)18-23)30-20(3)28-16-17-29-24-13-10-22(11-14-24)21-8-6-5-7-9-21/h10-15,18-21H,4-9,16-17H2,1-3H3. The van der Waals surface area contributed by atoms with Gasteiger partial charge in [0, 0.05) is 0 Å². The van der Waals surface area contributed by atoms with Gasteiger partial charge in [0.15, 0.2) is 6.29 Å². The van der Waals surface area contributed by atoms with Crippen LogP contribution in [0.4, 0.5) is 0 Å². The fourth-order valence-corrected chi connectivity index (χ4v) is 4.50. The molecule has 1 aliphatic carbocycles. The Hall–Kier alpha value is -1.52. The van der Waals surface area contributed by atoms with Crippen molar-refractivity contribution < 1.29 is 14.2 Å². The number of hydrogen-bond donors (Lipinski definition) is 0. The van der Waals surface area contributed by atoms with Crippen LogP contribution in [0.2, 0.25) is 0 Å². The lowest BCUT2D eigenvalue weighted by Gasteiger charge is -2.22. The number of halogens is 1. The van der Waals surface area contributed by atoms with E-state index in [0.717, 1.165) is 28.3 Å². The molecule has 3 rings (SSSR count). The Morgan fingerprint density at radius 2 is 1.70 bits per heavy atom. The van der Waals surface area contributed by atoms with Crippen LogP contribution in [0.3, 0.4) is 0 Å². The number of ether oxygens (including phenoxy) is 3. The van der Waals surface area contributed by atoms with Crippen LogP contribution in [-0.4, -0.2) is 19.5 Å². The molecule has 4 heteroatoms. The molecule has 3 nitrogen and oxygen atoms in total. The van der Waals surface area contributed by atoms with Crippen LogP contribution in [0.5, 0.6) is 11.5 Å². The van der Waals surface area contributed by atoms with Crippen molar-refractivity contribution in [2.75, 3.05) is 13.2 Å². The van der Waals surface area contributed by atoms with E-state index in [0.29, 0.717) is 19.1 Å². The van der Waals surface area contributed by atoms with Crippen LogP contribution in [0.15, 0.2) is 46.9 Å². The first-order valence-corrected chi connectivity index (χ1v) is 12.2. The molecule has 30 heavy (non-hydrogen) atoms. The highest BCUT2D eigenvalue weighted by molar-refractivity contribution is 9.10. The van der Waals surface area contributed by atoms with Gasteiger partial charge in [0.1, 0.15) is 18.1 Å². The minimum absolute atomic E-state index is 0.340. The molecule has 1 fully saturated rings. The molecule has 2 atom stereocenters. The maximum Gasteiger partial charge on any atom is 0.197 e. The molecule has 2 unspecified atom stereocenters. The van der Waals surface area contributed by atoms with E-state index in [1.807, 2.05) is 13.0 Å². The Morgan fingerprint density at radius 1 is 0.967 bits per heavy atom. The summed E-state index contributed by atoms with van der Waals surface area (Å²) in [6.45, 7) is 7.33. The molecule has 0 heterocycles. The monoisotopic (exact) mass is 474 g/mol. The van der Waals surface area contributed by atoms with E-state index >= 15 is 0 Å². The van der Waals surface area contributed by atoms with E-state index in [4.69, 9.17) is 14.2 Å². The van der Waals surface area contributed by atoms with Crippen LogP contribution < -0.4 is 9.47 Å². The lowest BCUT2D eigenvalue weighted by Crippen LogP contribution is -2.20. The van der Waals surface area contributed by atoms with Crippen LogP contribution in [-0.2, 0) is 4.74 Å². The van der Waals surface area contributed by atoms with Crippen molar-refractivity contribution in [1.82, 2.24) is 0 Å². The molecule has 2 aromatic rings. The molecule has 0 amide bonds. The lowest BCUT2D eigenvalue weighted by atomic mass is 9.84. The molecule has 0 N–H and O–H groups in total. The zero-order valence-corrected chi connectivity index (χ0v) is 20.1. The van der Waals surface area contributed by atoms with Gasteiger partial charge in [-0.3, -0.25) is 0 Å². The second kappa shape index (κ2) is 11.8. The summed E-state index contributed by atoms with van der Waals surface area (Å²) in [6.07, 6.45) is 7.53. The summed E-state index contributed by atoms with van der Waals surface area (Å²) in [5.74, 6) is 2.97. The maximum atomic E-state index is 5.92. The van der Waals surface area contributed by atoms with Crippen molar-refractivity contribution in [3.63, 3.8) is 0 Å². The average molecular weight is 475 g/mol. The minimum Gasteiger partial charge on any atom is -0.491 e. The van der Waals surface area contributed by atoms with Gasteiger partial charge in [0.25, 0.3) is 0 Å². The maximum absolute atomic E-state index is 5.92. The highest BCUT2D eigenvalue weighted by Crippen LogP contribution is 2.33. The van der Waals surface area contributed by atoms with Gasteiger partial charge in [0.2, 0.25) is 0 Å². The van der Waals surface area contributed by atoms with Crippen LogP contribution in [0.1, 0.15) is 82.3 Å². The normalized spacial score (nSPS) is 16.8. The second-order valence-electron chi connectivity index (χ2n) is 8.31. The lowest BCUT2D eigenvalue weighted by molar-refractivity contribution is -0.0742. The molecule has 0 aromatic heterocycles. The summed E-state index contributed by atoms with van der Waals surface area (Å²) >= 11 is 3.61. The molecular weight excluding hydrogens is 440 g/mol. The number of benzene rings is 2. The van der Waals surface area contributed by atoms with Crippen molar-refractivity contribution in [3.8, 4) is 11.5 Å². The van der Waals surface area contributed by atoms with E-state index < -0.39 is 0 Å². The van der Waals surface area contributed by atoms with Gasteiger partial charge in [0.05, 0.1) is 11.1 Å². The third-order valence-electron chi connectivity index (χ3n) is 6.09. The predicted molar refractivity (Wildman–Crippen MR) is 127 cm³/mol. The molecule has 1 aliphatic rings. The Kier molecular flexibility index (Phi) is 9.07. The predicted octanol–water partition coefficient (Wildman–Crippen LogP) is 7.83. The summed E-state index contributed by atoms with van der Waals surface area (Å²) in [4.78, 5) is 0. The Morgan fingerprint density at radius 3 is 2.37 bits per heavy atom. The van der Waals surface area contributed by atoms with Gasteiger partial charge in [-0.25, -0.2) is 0 Å². The first kappa shape index (κ1) is 23.1. The van der Waals surface area contributed by atoms with E-state index in [-0.39, 0.29) is 6.29 Å². The second-order valence-corrected chi connectivity index (χ2v) is 9.16. The summed E-state index contributed by atoms with van der Waals surface area (Å²) in [5.41, 5.74) is 2.76. The molecule has 164 valence electrons. The fourth-order valence-electron chi connectivity index (χ4n) is 4.01. The van der Waals surface area contributed by atoms with Gasteiger partial charge < -0.3 is 14.2 Å². The third kappa shape index (κ3) is 6.75. The van der Waals surface area contributed by atoms with Crippen LogP contribution >= 0.6 is 15.9 Å². The van der Waals surface area contributed by atoms with E-state index in [9.17, 15) is 0 Å². The van der Waals surface area contributed by atoms with Crippen molar-refractivity contribution in [3.05, 3.63) is 58.1 Å². The number of rotatable bonds is 10. The Bertz CT molecular complexity index is 768. The largest absolute Gasteiger partial charge is 0.491 e. The van der Waals surface area contributed by atoms with Gasteiger partial charge in [-0.05, 0) is 89.3 Å². The topological polar surface area (TPSA) is 27.7 Å². The SMILES string of the molecule is CCC(C)c1ccc(OC(C)OCCOc2ccc(C3CCCCC3)cc2)c(Br)c1. The van der Waals surface area contributed by atoms with Gasteiger partial charge in [-0.15, -0.1) is 0 Å². The third-order valence-corrected chi connectivity index (χ3v) is 6.71. The molecular formula is C26H35BrO3. The Labute approximate surface area is 190 Å². The summed E-state index contributed by atoms with van der Waals surface area (Å²) in [5, 5.41) is 0. The molecule has 0 radical (unpaired) electrons. The summed E-state index contributed by atoms with van der Waals surface area (Å²) in [7, 11) is 0. The quantitative estimate of drug-likeness (QED) is 0.259. The van der Waals surface area contributed by atoms with Crippen molar-refractivity contribution in [1.29, 1.82) is 0 Å². The van der Waals surface area contributed by atoms with Crippen molar-refractivity contribution >= 4 is 15.9 Å². The first-order valence-electron chi connectivity index (χ1n) is 11.4. The van der Waals surface area contributed by atoms with Crippen molar-refractivity contribution in [2.45, 2.75) is 77.4 Å². The van der Waals surface area contributed by atoms with Crippen molar-refractivity contribution in [2.24, 2.45) is 0 Å². The van der Waals surface area contributed by atoms with Gasteiger partial charge in [-0.2, -0.15) is 0 Å². The van der Waals surface area contributed by atoms with Crippen LogP contribution in [0.25, 0.3) is 0 Å². The summed E-state index contributed by atoms with van der Waals surface area (Å²) in [6, 6.07) is 14.9. The van der Waals surface area contributed by atoms with E-state index in [1.54, 1.807) is 0 Å². The molecule has 2 aromatic carbocycles. The molecule has 0 bridgehead atoms. The molecule has 1 saturated carbocycles. The Balaban J connectivity index is 1.39. The molecule has 0 aliphatic heterocycles. The highest BCUT2D eigenvalue weighted by atomic mass is 79.9. The van der Waals surface area contributed by atoms with Crippen LogP contribution in [0, 0.1) is 0 Å². The van der Waals surface area contributed by atoms with E-state index in [2.05, 4.69) is 66.2 Å². The average Bonchev–Trinajstić information content (AvgIpc) is 2.78. The molecule has 0 saturated heterocycles. The molecule has 0 spiro atoms. The first-order chi connectivity index (χ1) is 14.6. The van der Waals surface area contributed by atoms with Gasteiger partial charge in [-0.1, -0.05) is 51.3 Å². The smallest absolute Gasteiger partial charge is 0.197 e. The number of hydrogen-bond acceptors (Lipinski definition) is 3.